The Kier molecular flexibility index (Phi) is 5.21. The molecular formula is C17H30N3O3+. The lowest BCUT2D eigenvalue weighted by molar-refractivity contribution is -0.907. The Morgan fingerprint density at radius 2 is 2.04 bits per heavy atom. The van der Waals surface area contributed by atoms with Gasteiger partial charge in [0.1, 0.15) is 18.6 Å². The van der Waals surface area contributed by atoms with Gasteiger partial charge >= 0.3 is 0 Å². The molecule has 2 saturated heterocycles. The molecule has 0 spiro atoms. The van der Waals surface area contributed by atoms with Gasteiger partial charge in [0.2, 0.25) is 11.8 Å². The molecule has 0 radical (unpaired) electrons. The van der Waals surface area contributed by atoms with Crippen LogP contribution in [-0.2, 0) is 14.3 Å². The Balaban J connectivity index is 1.58. The van der Waals surface area contributed by atoms with Crippen molar-refractivity contribution in [2.75, 3.05) is 39.4 Å². The Hall–Kier alpha value is -1.14. The number of nitrogens with zero attached hydrogens (tertiary/aromatic N) is 1. The van der Waals surface area contributed by atoms with Crippen molar-refractivity contribution in [2.45, 2.75) is 57.0 Å². The SMILES string of the molecule is CC1(C(=O)NC2CCCC2)CCC(=O)N1CC[NH+]1CCOCC1. The first-order valence-corrected chi connectivity index (χ1v) is 9.12. The monoisotopic (exact) mass is 324 g/mol. The number of ether oxygens (including phenoxy) is 1. The van der Waals surface area contributed by atoms with E-state index in [9.17, 15) is 9.59 Å². The van der Waals surface area contributed by atoms with Crippen LogP contribution in [0.15, 0.2) is 0 Å². The Bertz CT molecular complexity index is 444. The van der Waals surface area contributed by atoms with Crippen molar-refractivity contribution in [2.24, 2.45) is 0 Å². The van der Waals surface area contributed by atoms with Crippen LogP contribution in [0, 0.1) is 0 Å². The molecule has 0 aromatic carbocycles. The first-order chi connectivity index (χ1) is 11.1. The molecule has 6 heteroatoms. The lowest BCUT2D eigenvalue weighted by Gasteiger charge is -2.36. The van der Waals surface area contributed by atoms with E-state index in [1.165, 1.54) is 17.7 Å². The van der Waals surface area contributed by atoms with Gasteiger partial charge in [-0.2, -0.15) is 0 Å². The summed E-state index contributed by atoms with van der Waals surface area (Å²) in [5.41, 5.74) is -0.661. The summed E-state index contributed by atoms with van der Waals surface area (Å²) in [5, 5.41) is 3.19. The quantitative estimate of drug-likeness (QED) is 0.706. The molecule has 2 N–H and O–H groups in total. The summed E-state index contributed by atoms with van der Waals surface area (Å²) in [6.07, 6.45) is 5.69. The molecule has 3 fully saturated rings. The molecule has 3 rings (SSSR count). The normalized spacial score (nSPS) is 30.1. The summed E-state index contributed by atoms with van der Waals surface area (Å²) in [7, 11) is 0. The first-order valence-electron chi connectivity index (χ1n) is 9.12. The van der Waals surface area contributed by atoms with Gasteiger partial charge in [-0.15, -0.1) is 0 Å². The summed E-state index contributed by atoms with van der Waals surface area (Å²) in [4.78, 5) is 28.4. The van der Waals surface area contributed by atoms with E-state index in [1.54, 1.807) is 0 Å². The number of carbonyl (C=O) groups excluding carboxylic acids is 2. The minimum atomic E-state index is -0.661. The van der Waals surface area contributed by atoms with Crippen molar-refractivity contribution in [1.29, 1.82) is 0 Å². The lowest BCUT2D eigenvalue weighted by atomic mass is 9.97. The fourth-order valence-electron chi connectivity index (χ4n) is 4.09. The largest absolute Gasteiger partial charge is 0.370 e. The molecule has 130 valence electrons. The van der Waals surface area contributed by atoms with Crippen molar-refractivity contribution in [3.05, 3.63) is 0 Å². The number of likely N-dealkylation sites (tertiary alicyclic amines) is 1. The molecule has 2 amide bonds. The van der Waals surface area contributed by atoms with Gasteiger partial charge in [0, 0.05) is 12.5 Å². The maximum Gasteiger partial charge on any atom is 0.245 e. The number of morpholine rings is 1. The van der Waals surface area contributed by atoms with Gasteiger partial charge in [0.15, 0.2) is 0 Å². The third-order valence-corrected chi connectivity index (χ3v) is 5.79. The van der Waals surface area contributed by atoms with Crippen molar-refractivity contribution in [3.63, 3.8) is 0 Å². The van der Waals surface area contributed by atoms with Gasteiger partial charge in [0.05, 0.1) is 26.3 Å². The van der Waals surface area contributed by atoms with E-state index in [2.05, 4.69) is 5.32 Å². The van der Waals surface area contributed by atoms with Gasteiger partial charge in [-0.25, -0.2) is 0 Å². The maximum absolute atomic E-state index is 12.8. The summed E-state index contributed by atoms with van der Waals surface area (Å²) in [6, 6.07) is 0.307. The molecule has 1 saturated carbocycles. The highest BCUT2D eigenvalue weighted by Gasteiger charge is 2.47. The van der Waals surface area contributed by atoms with Gasteiger partial charge in [0.25, 0.3) is 0 Å². The van der Waals surface area contributed by atoms with Gasteiger partial charge in [-0.1, -0.05) is 12.8 Å². The van der Waals surface area contributed by atoms with Gasteiger partial charge in [-0.05, 0) is 26.2 Å². The second kappa shape index (κ2) is 7.18. The molecular weight excluding hydrogens is 294 g/mol. The van der Waals surface area contributed by atoms with E-state index < -0.39 is 5.54 Å². The van der Waals surface area contributed by atoms with Crippen molar-refractivity contribution < 1.29 is 19.2 Å². The van der Waals surface area contributed by atoms with Crippen molar-refractivity contribution in [1.82, 2.24) is 10.2 Å². The number of quaternary nitrogens is 1. The maximum atomic E-state index is 12.8. The van der Waals surface area contributed by atoms with Crippen LogP contribution in [0.3, 0.4) is 0 Å². The van der Waals surface area contributed by atoms with Crippen LogP contribution in [0.1, 0.15) is 45.4 Å². The summed E-state index contributed by atoms with van der Waals surface area (Å²) in [5.74, 6) is 0.175. The zero-order chi connectivity index (χ0) is 16.3. The van der Waals surface area contributed by atoms with Crippen molar-refractivity contribution in [3.8, 4) is 0 Å². The summed E-state index contributed by atoms with van der Waals surface area (Å²) in [6.45, 7) is 7.09. The molecule has 2 aliphatic heterocycles. The minimum Gasteiger partial charge on any atom is -0.370 e. The third kappa shape index (κ3) is 3.69. The fraction of sp³-hybridized carbons (Fsp3) is 0.882. The van der Waals surface area contributed by atoms with E-state index in [-0.39, 0.29) is 11.8 Å². The molecule has 1 aliphatic carbocycles. The molecule has 1 unspecified atom stereocenters. The molecule has 0 aromatic rings. The standard InChI is InChI=1S/C17H29N3O3/c1-17(16(22)18-14-4-2-3-5-14)7-6-15(21)20(17)9-8-19-10-12-23-13-11-19/h14H,2-13H2,1H3,(H,18,22)/p+1. The van der Waals surface area contributed by atoms with Crippen LogP contribution in [0.5, 0.6) is 0 Å². The number of hydrogen-bond acceptors (Lipinski definition) is 3. The Morgan fingerprint density at radius 3 is 2.74 bits per heavy atom. The predicted octanol–water partition coefficient (Wildman–Crippen LogP) is -0.659. The number of amides is 2. The zero-order valence-corrected chi connectivity index (χ0v) is 14.2. The molecule has 6 nitrogen and oxygen atoms in total. The fourth-order valence-corrected chi connectivity index (χ4v) is 4.09. The predicted molar refractivity (Wildman–Crippen MR) is 86.1 cm³/mol. The number of carbonyl (C=O) groups is 2. The lowest BCUT2D eigenvalue weighted by Crippen LogP contribution is -3.14. The van der Waals surface area contributed by atoms with Crippen LogP contribution in [-0.4, -0.2) is 67.7 Å². The Labute approximate surface area is 138 Å². The summed E-state index contributed by atoms with van der Waals surface area (Å²) >= 11 is 0. The average Bonchev–Trinajstić information content (AvgIpc) is 3.16. The van der Waals surface area contributed by atoms with Crippen LogP contribution < -0.4 is 10.2 Å². The minimum absolute atomic E-state index is 0.0484. The highest BCUT2D eigenvalue weighted by atomic mass is 16.5. The molecule has 3 aliphatic rings. The highest BCUT2D eigenvalue weighted by molar-refractivity contribution is 5.94. The average molecular weight is 324 g/mol. The highest BCUT2D eigenvalue weighted by Crippen LogP contribution is 2.30. The second-order valence-corrected chi connectivity index (χ2v) is 7.39. The van der Waals surface area contributed by atoms with Crippen LogP contribution in [0.25, 0.3) is 0 Å². The smallest absolute Gasteiger partial charge is 0.245 e. The summed E-state index contributed by atoms with van der Waals surface area (Å²) < 4.78 is 5.38. The molecule has 0 bridgehead atoms. The second-order valence-electron chi connectivity index (χ2n) is 7.39. The van der Waals surface area contributed by atoms with Gasteiger partial charge in [-0.3, -0.25) is 9.59 Å². The van der Waals surface area contributed by atoms with E-state index in [0.29, 0.717) is 25.4 Å². The molecule has 2 heterocycles. The van der Waals surface area contributed by atoms with Crippen LogP contribution >= 0.6 is 0 Å². The van der Waals surface area contributed by atoms with E-state index in [0.717, 1.165) is 45.7 Å². The zero-order valence-electron chi connectivity index (χ0n) is 14.2. The van der Waals surface area contributed by atoms with Crippen LogP contribution in [0.2, 0.25) is 0 Å². The number of hydrogen-bond donors (Lipinski definition) is 2. The van der Waals surface area contributed by atoms with E-state index in [4.69, 9.17) is 4.74 Å². The third-order valence-electron chi connectivity index (χ3n) is 5.79. The Morgan fingerprint density at radius 1 is 1.35 bits per heavy atom. The topological polar surface area (TPSA) is 63.1 Å². The first kappa shape index (κ1) is 16.7. The number of nitrogens with one attached hydrogen (secondary N) is 2. The molecule has 1 atom stereocenters. The molecule has 23 heavy (non-hydrogen) atoms. The van der Waals surface area contributed by atoms with Crippen LogP contribution in [0.4, 0.5) is 0 Å². The molecule has 0 aromatic heterocycles. The van der Waals surface area contributed by atoms with Gasteiger partial charge < -0.3 is 19.9 Å². The number of rotatable bonds is 5. The van der Waals surface area contributed by atoms with E-state index in [1.807, 2.05) is 11.8 Å². The van der Waals surface area contributed by atoms with Crippen molar-refractivity contribution >= 4 is 11.8 Å². The van der Waals surface area contributed by atoms with E-state index >= 15 is 0 Å².